The number of carboxylic acids is 1. The van der Waals surface area contributed by atoms with E-state index in [9.17, 15) is 4.79 Å². The standard InChI is InChI=1S/C8H18N2O4/c9-7(8(12)13)6-10-2-1-4-14-5-3-11/h7,10-11H,1-6,9H2,(H,12,13). The molecule has 0 rings (SSSR count). The minimum Gasteiger partial charge on any atom is -0.480 e. The van der Waals surface area contributed by atoms with Crippen molar-refractivity contribution in [3.05, 3.63) is 0 Å². The number of nitrogens with one attached hydrogen (secondary N) is 1. The van der Waals surface area contributed by atoms with Crippen LogP contribution in [-0.4, -0.2) is 55.1 Å². The zero-order chi connectivity index (χ0) is 10.8. The first-order valence-corrected chi connectivity index (χ1v) is 4.56. The summed E-state index contributed by atoms with van der Waals surface area (Å²) < 4.78 is 5.00. The normalized spacial score (nSPS) is 12.7. The smallest absolute Gasteiger partial charge is 0.321 e. The predicted octanol–water partition coefficient (Wildman–Crippen LogP) is -1.61. The highest BCUT2D eigenvalue weighted by Gasteiger charge is 2.09. The third-order valence-corrected chi connectivity index (χ3v) is 1.56. The highest BCUT2D eigenvalue weighted by atomic mass is 16.5. The van der Waals surface area contributed by atoms with Gasteiger partial charge in [-0.2, -0.15) is 0 Å². The Balaban J connectivity index is 3.09. The maximum absolute atomic E-state index is 10.3. The van der Waals surface area contributed by atoms with Gasteiger partial charge in [-0.1, -0.05) is 0 Å². The summed E-state index contributed by atoms with van der Waals surface area (Å²) in [5, 5.41) is 19.7. The molecule has 0 fully saturated rings. The van der Waals surface area contributed by atoms with Crippen molar-refractivity contribution in [3.63, 3.8) is 0 Å². The molecule has 5 N–H and O–H groups in total. The number of hydrogen-bond donors (Lipinski definition) is 4. The molecule has 0 aliphatic rings. The van der Waals surface area contributed by atoms with Crippen molar-refractivity contribution in [1.29, 1.82) is 0 Å². The van der Waals surface area contributed by atoms with E-state index in [4.69, 9.17) is 20.7 Å². The Labute approximate surface area is 83.0 Å². The molecule has 0 aliphatic carbocycles. The molecule has 84 valence electrons. The van der Waals surface area contributed by atoms with Gasteiger partial charge in [-0.25, -0.2) is 0 Å². The van der Waals surface area contributed by atoms with Crippen LogP contribution in [-0.2, 0) is 9.53 Å². The second-order valence-corrected chi connectivity index (χ2v) is 2.84. The van der Waals surface area contributed by atoms with Crippen LogP contribution >= 0.6 is 0 Å². The van der Waals surface area contributed by atoms with Crippen molar-refractivity contribution in [1.82, 2.24) is 5.32 Å². The second kappa shape index (κ2) is 8.89. The number of aliphatic hydroxyl groups is 1. The molecule has 0 saturated heterocycles. The lowest BCUT2D eigenvalue weighted by Crippen LogP contribution is -2.40. The summed E-state index contributed by atoms with van der Waals surface area (Å²) in [7, 11) is 0. The van der Waals surface area contributed by atoms with Gasteiger partial charge in [-0.3, -0.25) is 4.79 Å². The quantitative estimate of drug-likeness (QED) is 0.338. The van der Waals surface area contributed by atoms with Crippen LogP contribution in [0.4, 0.5) is 0 Å². The van der Waals surface area contributed by atoms with Gasteiger partial charge in [0.25, 0.3) is 0 Å². The molecule has 0 aromatic carbocycles. The Morgan fingerprint density at radius 3 is 2.79 bits per heavy atom. The predicted molar refractivity (Wildman–Crippen MR) is 51.0 cm³/mol. The van der Waals surface area contributed by atoms with Crippen LogP contribution in [0.3, 0.4) is 0 Å². The lowest BCUT2D eigenvalue weighted by atomic mass is 10.3. The van der Waals surface area contributed by atoms with Crippen molar-refractivity contribution < 1.29 is 19.7 Å². The first-order chi connectivity index (χ1) is 6.68. The lowest BCUT2D eigenvalue weighted by molar-refractivity contribution is -0.138. The molecule has 1 unspecified atom stereocenters. The summed E-state index contributed by atoms with van der Waals surface area (Å²) in [5.41, 5.74) is 5.25. The van der Waals surface area contributed by atoms with Crippen LogP contribution in [0.25, 0.3) is 0 Å². The van der Waals surface area contributed by atoms with E-state index < -0.39 is 12.0 Å². The van der Waals surface area contributed by atoms with Gasteiger partial charge in [0, 0.05) is 13.2 Å². The molecule has 0 aliphatic heterocycles. The fraction of sp³-hybridized carbons (Fsp3) is 0.875. The number of carbonyl (C=O) groups is 1. The molecule has 0 aromatic heterocycles. The second-order valence-electron chi connectivity index (χ2n) is 2.84. The van der Waals surface area contributed by atoms with E-state index >= 15 is 0 Å². The zero-order valence-corrected chi connectivity index (χ0v) is 8.11. The minimum atomic E-state index is -1.01. The number of nitrogens with two attached hydrogens (primary N) is 1. The van der Waals surface area contributed by atoms with Crippen LogP contribution in [0.5, 0.6) is 0 Å². The van der Waals surface area contributed by atoms with Gasteiger partial charge in [-0.15, -0.1) is 0 Å². The summed E-state index contributed by atoms with van der Waals surface area (Å²) in [6.45, 7) is 1.84. The molecular weight excluding hydrogens is 188 g/mol. The van der Waals surface area contributed by atoms with E-state index in [0.717, 1.165) is 6.42 Å². The van der Waals surface area contributed by atoms with Gasteiger partial charge in [0.05, 0.1) is 13.2 Å². The van der Waals surface area contributed by atoms with E-state index in [1.807, 2.05) is 0 Å². The molecular formula is C8H18N2O4. The highest BCUT2D eigenvalue weighted by molar-refractivity contribution is 5.73. The van der Waals surface area contributed by atoms with E-state index in [1.54, 1.807) is 0 Å². The Morgan fingerprint density at radius 1 is 1.50 bits per heavy atom. The first-order valence-electron chi connectivity index (χ1n) is 4.56. The van der Waals surface area contributed by atoms with E-state index in [0.29, 0.717) is 19.8 Å². The van der Waals surface area contributed by atoms with E-state index in [2.05, 4.69) is 5.32 Å². The molecule has 0 spiro atoms. The Bertz CT molecular complexity index is 154. The molecule has 0 bridgehead atoms. The van der Waals surface area contributed by atoms with Gasteiger partial charge < -0.3 is 26.0 Å². The average Bonchev–Trinajstić information content (AvgIpc) is 2.16. The summed E-state index contributed by atoms with van der Waals surface area (Å²) in [6.07, 6.45) is 0.770. The topological polar surface area (TPSA) is 105 Å². The van der Waals surface area contributed by atoms with E-state index in [-0.39, 0.29) is 13.2 Å². The van der Waals surface area contributed by atoms with Crippen molar-refractivity contribution in [2.75, 3.05) is 32.9 Å². The van der Waals surface area contributed by atoms with Crippen molar-refractivity contribution in [3.8, 4) is 0 Å². The third-order valence-electron chi connectivity index (χ3n) is 1.56. The summed E-state index contributed by atoms with van der Waals surface area (Å²) in [5.74, 6) is -1.01. The SMILES string of the molecule is NC(CNCCCOCCO)C(=O)O. The Kier molecular flexibility index (Phi) is 8.45. The molecule has 0 saturated carbocycles. The van der Waals surface area contributed by atoms with Crippen molar-refractivity contribution in [2.45, 2.75) is 12.5 Å². The molecule has 6 nitrogen and oxygen atoms in total. The Morgan fingerprint density at radius 2 is 2.21 bits per heavy atom. The van der Waals surface area contributed by atoms with E-state index in [1.165, 1.54) is 0 Å². The summed E-state index contributed by atoms with van der Waals surface area (Å²) in [6, 6.07) is -0.853. The first kappa shape index (κ1) is 13.3. The third kappa shape index (κ3) is 7.93. The van der Waals surface area contributed by atoms with Gasteiger partial charge in [0.15, 0.2) is 0 Å². The van der Waals surface area contributed by atoms with Crippen LogP contribution in [0.1, 0.15) is 6.42 Å². The number of ether oxygens (including phenoxy) is 1. The molecule has 1 atom stereocenters. The van der Waals surface area contributed by atoms with Crippen LogP contribution in [0, 0.1) is 0 Å². The maximum Gasteiger partial charge on any atom is 0.321 e. The number of hydrogen-bond acceptors (Lipinski definition) is 5. The highest BCUT2D eigenvalue weighted by Crippen LogP contribution is 1.81. The van der Waals surface area contributed by atoms with Gasteiger partial charge in [0.2, 0.25) is 0 Å². The fourth-order valence-electron chi connectivity index (χ4n) is 0.811. The summed E-state index contributed by atoms with van der Waals surface area (Å²) >= 11 is 0. The van der Waals surface area contributed by atoms with Gasteiger partial charge in [-0.05, 0) is 13.0 Å². The van der Waals surface area contributed by atoms with Crippen LogP contribution < -0.4 is 11.1 Å². The van der Waals surface area contributed by atoms with Gasteiger partial charge in [0.1, 0.15) is 6.04 Å². The minimum absolute atomic E-state index is 0.0251. The number of carboxylic acid groups (broad SMARTS) is 1. The molecule has 6 heteroatoms. The average molecular weight is 206 g/mol. The number of rotatable bonds is 9. The fourth-order valence-corrected chi connectivity index (χ4v) is 0.811. The number of aliphatic carboxylic acids is 1. The monoisotopic (exact) mass is 206 g/mol. The molecule has 0 amide bonds. The van der Waals surface area contributed by atoms with Crippen molar-refractivity contribution >= 4 is 5.97 Å². The van der Waals surface area contributed by atoms with Crippen LogP contribution in [0.2, 0.25) is 0 Å². The molecule has 0 heterocycles. The molecule has 0 radical (unpaired) electrons. The largest absolute Gasteiger partial charge is 0.480 e. The number of aliphatic hydroxyl groups excluding tert-OH is 1. The molecule has 14 heavy (non-hydrogen) atoms. The van der Waals surface area contributed by atoms with Gasteiger partial charge >= 0.3 is 5.97 Å². The zero-order valence-electron chi connectivity index (χ0n) is 8.11. The summed E-state index contributed by atoms with van der Waals surface area (Å²) in [4.78, 5) is 10.3. The Hall–Kier alpha value is -0.690. The van der Waals surface area contributed by atoms with Crippen molar-refractivity contribution in [2.24, 2.45) is 5.73 Å². The lowest BCUT2D eigenvalue weighted by Gasteiger charge is -2.08. The molecule has 0 aromatic rings. The maximum atomic E-state index is 10.3. The van der Waals surface area contributed by atoms with Crippen LogP contribution in [0.15, 0.2) is 0 Å².